The van der Waals surface area contributed by atoms with Crippen molar-refractivity contribution >= 4 is 39.1 Å². The molecule has 0 heterocycles. The van der Waals surface area contributed by atoms with E-state index in [-0.39, 0.29) is 18.9 Å². The Kier molecular flexibility index (Phi) is 9.80. The molecule has 0 aliphatic carbocycles. The third kappa shape index (κ3) is 8.83. The van der Waals surface area contributed by atoms with Gasteiger partial charge in [-0.05, 0) is 62.6 Å². The summed E-state index contributed by atoms with van der Waals surface area (Å²) >= 11 is 6.47. The summed E-state index contributed by atoms with van der Waals surface area (Å²) in [5.41, 5.74) is 2.19. The van der Waals surface area contributed by atoms with E-state index in [2.05, 4.69) is 5.32 Å². The molecule has 3 rings (SSSR count). The van der Waals surface area contributed by atoms with Gasteiger partial charge in [0, 0.05) is 23.5 Å². The maximum absolute atomic E-state index is 14.1. The zero-order chi connectivity index (χ0) is 28.8. The topological polar surface area (TPSA) is 86.8 Å². The summed E-state index contributed by atoms with van der Waals surface area (Å²) in [6.45, 7) is 7.01. The van der Waals surface area contributed by atoms with Crippen molar-refractivity contribution in [1.29, 1.82) is 0 Å². The Morgan fingerprint density at radius 1 is 0.949 bits per heavy atom. The first-order chi connectivity index (χ1) is 18.2. The molecule has 208 valence electrons. The molecule has 0 aliphatic rings. The molecule has 3 aromatic carbocycles. The zero-order valence-corrected chi connectivity index (χ0v) is 24.6. The number of carbonyl (C=O) groups excluding carboxylic acids is 2. The van der Waals surface area contributed by atoms with E-state index in [4.69, 9.17) is 11.6 Å². The van der Waals surface area contributed by atoms with Crippen LogP contribution in [0, 0.1) is 6.92 Å². The van der Waals surface area contributed by atoms with Crippen LogP contribution in [0.5, 0.6) is 0 Å². The van der Waals surface area contributed by atoms with E-state index in [1.54, 1.807) is 42.5 Å². The van der Waals surface area contributed by atoms with Gasteiger partial charge in [-0.3, -0.25) is 13.9 Å². The number of nitrogens with zero attached hydrogens (tertiary/aromatic N) is 2. The molecule has 9 heteroatoms. The summed E-state index contributed by atoms with van der Waals surface area (Å²) in [6.07, 6.45) is 1.30. The van der Waals surface area contributed by atoms with Gasteiger partial charge in [0.2, 0.25) is 21.8 Å². The molecule has 0 fully saturated rings. The standard InChI is InChI=1S/C30H36ClN3O4S/c1-22-12-11-16-25(18-22)34(39(5,37)38)21-28(35)33(20-24-15-9-10-17-26(24)31)27(29(36)32-30(2,3)4)19-23-13-7-6-8-14-23/h6-18,27H,19-21H2,1-5H3,(H,32,36)/t27-/m0/s1. The Bertz CT molecular complexity index is 1400. The molecule has 0 unspecified atom stereocenters. The molecule has 39 heavy (non-hydrogen) atoms. The minimum atomic E-state index is -3.82. The molecule has 7 nitrogen and oxygen atoms in total. The number of nitrogens with one attached hydrogen (secondary N) is 1. The van der Waals surface area contributed by atoms with Crippen LogP contribution < -0.4 is 9.62 Å². The lowest BCUT2D eigenvalue weighted by Crippen LogP contribution is -2.56. The van der Waals surface area contributed by atoms with Gasteiger partial charge >= 0.3 is 0 Å². The number of hydrogen-bond donors (Lipinski definition) is 1. The van der Waals surface area contributed by atoms with Gasteiger partial charge in [0.1, 0.15) is 12.6 Å². The number of rotatable bonds is 10. The zero-order valence-electron chi connectivity index (χ0n) is 23.0. The number of amides is 2. The summed E-state index contributed by atoms with van der Waals surface area (Å²) in [6, 6.07) is 22.5. The number of benzene rings is 3. The van der Waals surface area contributed by atoms with Gasteiger partial charge < -0.3 is 10.2 Å². The molecular formula is C30H36ClN3O4S. The van der Waals surface area contributed by atoms with Crippen LogP contribution in [0.25, 0.3) is 0 Å². The van der Waals surface area contributed by atoms with Gasteiger partial charge in [-0.1, -0.05) is 72.3 Å². The highest BCUT2D eigenvalue weighted by Gasteiger charge is 2.34. The monoisotopic (exact) mass is 569 g/mol. The number of aryl methyl sites for hydroxylation is 1. The fourth-order valence-electron chi connectivity index (χ4n) is 4.21. The fraction of sp³-hybridized carbons (Fsp3) is 0.333. The lowest BCUT2D eigenvalue weighted by atomic mass is 10.0. The first kappa shape index (κ1) is 30.2. The number of carbonyl (C=O) groups is 2. The predicted octanol–water partition coefficient (Wildman–Crippen LogP) is 4.97. The minimum Gasteiger partial charge on any atom is -0.350 e. The number of hydrogen-bond acceptors (Lipinski definition) is 4. The van der Waals surface area contributed by atoms with Crippen molar-refractivity contribution in [2.24, 2.45) is 0 Å². The van der Waals surface area contributed by atoms with Crippen molar-refractivity contribution in [3.05, 3.63) is 101 Å². The highest BCUT2D eigenvalue weighted by Crippen LogP contribution is 2.23. The Hall–Kier alpha value is -3.36. The van der Waals surface area contributed by atoms with E-state index in [1.165, 1.54) is 4.90 Å². The second-order valence-corrected chi connectivity index (χ2v) is 13.0. The van der Waals surface area contributed by atoms with Crippen LogP contribution in [-0.2, 0) is 32.6 Å². The van der Waals surface area contributed by atoms with Gasteiger partial charge in [-0.2, -0.15) is 0 Å². The summed E-state index contributed by atoms with van der Waals surface area (Å²) in [7, 11) is -3.82. The average molecular weight is 570 g/mol. The first-order valence-electron chi connectivity index (χ1n) is 12.7. The lowest BCUT2D eigenvalue weighted by Gasteiger charge is -2.35. The Labute approximate surface area is 236 Å². The molecule has 1 atom stereocenters. The molecule has 0 radical (unpaired) electrons. The maximum Gasteiger partial charge on any atom is 0.244 e. The van der Waals surface area contributed by atoms with Crippen molar-refractivity contribution in [2.45, 2.75) is 52.2 Å². The molecule has 3 aromatic rings. The Morgan fingerprint density at radius 3 is 2.18 bits per heavy atom. The second kappa shape index (κ2) is 12.7. The molecule has 0 aromatic heterocycles. The van der Waals surface area contributed by atoms with Crippen LogP contribution in [-0.4, -0.2) is 49.5 Å². The van der Waals surface area contributed by atoms with Crippen molar-refractivity contribution in [3.8, 4) is 0 Å². The summed E-state index contributed by atoms with van der Waals surface area (Å²) in [5, 5.41) is 3.45. The Balaban J connectivity index is 2.09. The van der Waals surface area contributed by atoms with E-state index in [9.17, 15) is 18.0 Å². The molecule has 1 N–H and O–H groups in total. The van der Waals surface area contributed by atoms with Crippen LogP contribution in [0.4, 0.5) is 5.69 Å². The normalized spacial score (nSPS) is 12.5. The van der Waals surface area contributed by atoms with Crippen LogP contribution in [0.1, 0.15) is 37.5 Å². The minimum absolute atomic E-state index is 0.0268. The molecular weight excluding hydrogens is 534 g/mol. The molecule has 0 saturated heterocycles. The molecule has 0 bridgehead atoms. The molecule has 2 amide bonds. The Morgan fingerprint density at radius 2 is 1.59 bits per heavy atom. The van der Waals surface area contributed by atoms with Crippen molar-refractivity contribution in [2.75, 3.05) is 17.1 Å². The van der Waals surface area contributed by atoms with E-state index in [0.717, 1.165) is 21.7 Å². The van der Waals surface area contributed by atoms with Crippen LogP contribution in [0.2, 0.25) is 5.02 Å². The van der Waals surface area contributed by atoms with Crippen LogP contribution >= 0.6 is 11.6 Å². The van der Waals surface area contributed by atoms with Crippen molar-refractivity contribution in [1.82, 2.24) is 10.2 Å². The molecule has 0 saturated carbocycles. The third-order valence-corrected chi connectivity index (χ3v) is 7.55. The van der Waals surface area contributed by atoms with E-state index < -0.39 is 34.1 Å². The number of halogens is 1. The van der Waals surface area contributed by atoms with Gasteiger partial charge in [-0.15, -0.1) is 0 Å². The van der Waals surface area contributed by atoms with E-state index >= 15 is 0 Å². The SMILES string of the molecule is Cc1cccc(N(CC(=O)N(Cc2ccccc2Cl)[C@@H](Cc2ccccc2)C(=O)NC(C)(C)C)S(C)(=O)=O)c1. The average Bonchev–Trinajstić information content (AvgIpc) is 2.84. The van der Waals surface area contributed by atoms with Gasteiger partial charge in [-0.25, -0.2) is 8.42 Å². The molecule has 0 aliphatic heterocycles. The lowest BCUT2D eigenvalue weighted by molar-refractivity contribution is -0.140. The van der Waals surface area contributed by atoms with Gasteiger partial charge in [0.25, 0.3) is 0 Å². The quantitative estimate of drug-likeness (QED) is 0.373. The molecule has 0 spiro atoms. The van der Waals surface area contributed by atoms with E-state index in [0.29, 0.717) is 16.3 Å². The summed E-state index contributed by atoms with van der Waals surface area (Å²) in [4.78, 5) is 29.2. The largest absolute Gasteiger partial charge is 0.350 e. The second-order valence-electron chi connectivity index (χ2n) is 10.7. The number of anilines is 1. The first-order valence-corrected chi connectivity index (χ1v) is 14.9. The third-order valence-electron chi connectivity index (χ3n) is 6.04. The number of sulfonamides is 1. The fourth-order valence-corrected chi connectivity index (χ4v) is 5.25. The summed E-state index contributed by atoms with van der Waals surface area (Å²) < 4.78 is 26.8. The van der Waals surface area contributed by atoms with Crippen LogP contribution in [0.3, 0.4) is 0 Å². The highest BCUT2D eigenvalue weighted by atomic mass is 35.5. The van der Waals surface area contributed by atoms with E-state index in [1.807, 2.05) is 64.1 Å². The van der Waals surface area contributed by atoms with Crippen molar-refractivity contribution < 1.29 is 18.0 Å². The van der Waals surface area contributed by atoms with Crippen LogP contribution in [0.15, 0.2) is 78.9 Å². The highest BCUT2D eigenvalue weighted by molar-refractivity contribution is 7.92. The van der Waals surface area contributed by atoms with Crippen molar-refractivity contribution in [3.63, 3.8) is 0 Å². The smallest absolute Gasteiger partial charge is 0.244 e. The summed E-state index contributed by atoms with van der Waals surface area (Å²) in [5.74, 6) is -0.861. The maximum atomic E-state index is 14.1. The van der Waals surface area contributed by atoms with Gasteiger partial charge in [0.05, 0.1) is 11.9 Å². The van der Waals surface area contributed by atoms with Gasteiger partial charge in [0.15, 0.2) is 0 Å². The predicted molar refractivity (Wildman–Crippen MR) is 157 cm³/mol.